The molecule has 0 aliphatic rings. The summed E-state index contributed by atoms with van der Waals surface area (Å²) in [5, 5.41) is -0.383. The van der Waals surface area contributed by atoms with E-state index in [4.69, 9.17) is 25.8 Å². The molecule has 124 valence electrons. The van der Waals surface area contributed by atoms with Gasteiger partial charge in [0.2, 0.25) is 0 Å². The number of pyridine rings is 1. The van der Waals surface area contributed by atoms with E-state index in [9.17, 15) is 18.0 Å². The number of carbonyl (C=O) groups excluding carboxylic acids is 1. The summed E-state index contributed by atoms with van der Waals surface area (Å²) in [4.78, 5) is 15.3. The van der Waals surface area contributed by atoms with Gasteiger partial charge in [-0.05, 0) is 13.0 Å². The monoisotopic (exact) mass is 341 g/mol. The molecule has 0 unspecified atom stereocenters. The van der Waals surface area contributed by atoms with Gasteiger partial charge >= 0.3 is 12.1 Å². The predicted molar refractivity (Wildman–Crippen MR) is 71.7 cm³/mol. The first-order chi connectivity index (χ1) is 10.3. The lowest BCUT2D eigenvalue weighted by atomic mass is 10.1. The van der Waals surface area contributed by atoms with Crippen LogP contribution in [0.25, 0.3) is 0 Å². The minimum absolute atomic E-state index is 0.0557. The molecule has 0 aliphatic carbocycles. The largest absolute Gasteiger partial charge is 0.462 e. The third-order valence-electron chi connectivity index (χ3n) is 2.49. The number of alkyl halides is 3. The smallest absolute Gasteiger partial charge is 0.433 e. The Bertz CT molecular complexity index is 523. The molecule has 0 bridgehead atoms. The van der Waals surface area contributed by atoms with E-state index < -0.39 is 17.8 Å². The van der Waals surface area contributed by atoms with Crippen molar-refractivity contribution in [1.82, 2.24) is 4.98 Å². The lowest BCUT2D eigenvalue weighted by Gasteiger charge is -2.14. The van der Waals surface area contributed by atoms with Crippen molar-refractivity contribution >= 4 is 17.6 Å². The predicted octanol–water partition coefficient (Wildman–Crippen LogP) is 3.09. The molecule has 0 saturated heterocycles. The second-order valence-electron chi connectivity index (χ2n) is 4.07. The number of esters is 1. The molecule has 0 radical (unpaired) electrons. The number of ether oxygens (including phenoxy) is 3. The van der Waals surface area contributed by atoms with Gasteiger partial charge in [0.25, 0.3) is 0 Å². The Morgan fingerprint density at radius 3 is 2.59 bits per heavy atom. The van der Waals surface area contributed by atoms with Crippen molar-refractivity contribution in [3.8, 4) is 0 Å². The highest BCUT2D eigenvalue weighted by Gasteiger charge is 2.35. The summed E-state index contributed by atoms with van der Waals surface area (Å²) in [6.45, 7) is 1.69. The molecule has 1 rings (SSSR count). The van der Waals surface area contributed by atoms with E-state index in [1.807, 2.05) is 0 Å². The number of rotatable bonds is 7. The van der Waals surface area contributed by atoms with Crippen LogP contribution < -0.4 is 0 Å². The lowest BCUT2D eigenvalue weighted by molar-refractivity contribution is -0.141. The van der Waals surface area contributed by atoms with Crippen molar-refractivity contribution in [2.75, 3.05) is 26.9 Å². The molecule has 5 nitrogen and oxygen atoms in total. The van der Waals surface area contributed by atoms with E-state index in [0.29, 0.717) is 6.07 Å². The maximum atomic E-state index is 12.8. The van der Waals surface area contributed by atoms with E-state index in [2.05, 4.69) is 4.98 Å². The Labute approximate surface area is 130 Å². The van der Waals surface area contributed by atoms with E-state index in [1.54, 1.807) is 6.92 Å². The van der Waals surface area contributed by atoms with Gasteiger partial charge in [0, 0.05) is 7.11 Å². The normalized spacial score (nSPS) is 11.5. The van der Waals surface area contributed by atoms with Crippen molar-refractivity contribution in [3.05, 3.63) is 28.0 Å². The molecule has 0 spiro atoms. The van der Waals surface area contributed by atoms with Crippen molar-refractivity contribution in [3.63, 3.8) is 0 Å². The van der Waals surface area contributed by atoms with Gasteiger partial charge in [-0.25, -0.2) is 9.78 Å². The summed E-state index contributed by atoms with van der Waals surface area (Å²) in [6, 6.07) is 0.590. The quantitative estimate of drug-likeness (QED) is 0.563. The number of methoxy groups -OCH3 is 1. The number of hydrogen-bond acceptors (Lipinski definition) is 5. The second kappa shape index (κ2) is 8.30. The number of nitrogens with zero attached hydrogens (tertiary/aromatic N) is 1. The summed E-state index contributed by atoms with van der Waals surface area (Å²) in [5.41, 5.74) is -1.65. The molecule has 1 aromatic heterocycles. The molecule has 0 aromatic carbocycles. The maximum absolute atomic E-state index is 12.8. The molecule has 0 fully saturated rings. The van der Waals surface area contributed by atoms with Crippen LogP contribution >= 0.6 is 11.6 Å². The fourth-order valence-corrected chi connectivity index (χ4v) is 1.83. The molecular weight excluding hydrogens is 327 g/mol. The highest BCUT2D eigenvalue weighted by atomic mass is 35.5. The summed E-state index contributed by atoms with van der Waals surface area (Å²) in [7, 11) is 1.45. The van der Waals surface area contributed by atoms with Gasteiger partial charge in [-0.2, -0.15) is 13.2 Å². The molecule has 0 saturated carbocycles. The number of carbonyl (C=O) groups is 1. The van der Waals surface area contributed by atoms with Crippen molar-refractivity contribution in [1.29, 1.82) is 0 Å². The number of aromatic nitrogens is 1. The van der Waals surface area contributed by atoms with Gasteiger partial charge in [-0.15, -0.1) is 0 Å². The molecule has 0 aliphatic heterocycles. The SMILES string of the molecule is CCOC(=O)c1c(Cl)cc(C(F)(F)F)nc1COCCOC. The number of hydrogen-bond donors (Lipinski definition) is 0. The summed E-state index contributed by atoms with van der Waals surface area (Å²) in [5.74, 6) is -0.848. The van der Waals surface area contributed by atoms with Gasteiger partial charge in [0.15, 0.2) is 0 Å². The molecule has 22 heavy (non-hydrogen) atoms. The highest BCUT2D eigenvalue weighted by Crippen LogP contribution is 2.32. The first-order valence-electron chi connectivity index (χ1n) is 6.31. The Morgan fingerprint density at radius 1 is 1.36 bits per heavy atom. The number of halogens is 4. The van der Waals surface area contributed by atoms with Crippen LogP contribution in [0.15, 0.2) is 6.07 Å². The van der Waals surface area contributed by atoms with E-state index in [1.165, 1.54) is 7.11 Å². The van der Waals surface area contributed by atoms with E-state index >= 15 is 0 Å². The van der Waals surface area contributed by atoms with Crippen molar-refractivity contribution in [2.24, 2.45) is 0 Å². The second-order valence-corrected chi connectivity index (χ2v) is 4.48. The summed E-state index contributed by atoms with van der Waals surface area (Å²) < 4.78 is 53.0. The first-order valence-corrected chi connectivity index (χ1v) is 6.69. The van der Waals surface area contributed by atoms with Crippen LogP contribution in [0.5, 0.6) is 0 Å². The van der Waals surface area contributed by atoms with Gasteiger partial charge in [0.05, 0.1) is 37.1 Å². The zero-order chi connectivity index (χ0) is 16.8. The van der Waals surface area contributed by atoms with E-state index in [0.717, 1.165) is 0 Å². The molecular formula is C13H15ClF3NO4. The average Bonchev–Trinajstić information content (AvgIpc) is 2.42. The summed E-state index contributed by atoms with van der Waals surface area (Å²) in [6.07, 6.45) is -4.68. The fourth-order valence-electron chi connectivity index (χ4n) is 1.54. The first kappa shape index (κ1) is 18.7. The molecule has 0 N–H and O–H groups in total. The topological polar surface area (TPSA) is 57.7 Å². The highest BCUT2D eigenvalue weighted by molar-refractivity contribution is 6.33. The molecule has 0 amide bonds. The standard InChI is InChI=1S/C13H15ClF3NO4/c1-3-22-12(19)11-8(14)6-10(13(15,16)17)18-9(11)7-21-5-4-20-2/h6H,3-5,7H2,1-2H3. The van der Waals surface area contributed by atoms with Gasteiger partial charge in [-0.3, -0.25) is 0 Å². The van der Waals surface area contributed by atoms with Gasteiger partial charge in [-0.1, -0.05) is 11.6 Å². The average molecular weight is 342 g/mol. The van der Waals surface area contributed by atoms with Crippen LogP contribution in [-0.2, 0) is 27.0 Å². The Morgan fingerprint density at radius 2 is 2.05 bits per heavy atom. The van der Waals surface area contributed by atoms with Crippen molar-refractivity contribution in [2.45, 2.75) is 19.7 Å². The summed E-state index contributed by atoms with van der Waals surface area (Å²) >= 11 is 5.79. The fraction of sp³-hybridized carbons (Fsp3) is 0.538. The third-order valence-corrected chi connectivity index (χ3v) is 2.78. The Kier molecular flexibility index (Phi) is 7.05. The Balaban J connectivity index is 3.14. The molecule has 1 heterocycles. The van der Waals surface area contributed by atoms with Crippen LogP contribution in [0.4, 0.5) is 13.2 Å². The maximum Gasteiger partial charge on any atom is 0.433 e. The van der Waals surface area contributed by atoms with Crippen LogP contribution in [0.2, 0.25) is 5.02 Å². The van der Waals surface area contributed by atoms with Crippen LogP contribution in [-0.4, -0.2) is 37.9 Å². The van der Waals surface area contributed by atoms with E-state index in [-0.39, 0.29) is 42.7 Å². The van der Waals surface area contributed by atoms with Gasteiger partial charge < -0.3 is 14.2 Å². The zero-order valence-electron chi connectivity index (χ0n) is 12.0. The third kappa shape index (κ3) is 5.11. The van der Waals surface area contributed by atoms with Crippen LogP contribution in [0.1, 0.15) is 28.7 Å². The van der Waals surface area contributed by atoms with Crippen LogP contribution in [0.3, 0.4) is 0 Å². The van der Waals surface area contributed by atoms with Crippen LogP contribution in [0, 0.1) is 0 Å². The molecule has 1 aromatic rings. The Hall–Kier alpha value is -1.38. The van der Waals surface area contributed by atoms with Gasteiger partial charge in [0.1, 0.15) is 11.3 Å². The van der Waals surface area contributed by atoms with Crippen molar-refractivity contribution < 1.29 is 32.2 Å². The zero-order valence-corrected chi connectivity index (χ0v) is 12.8. The molecule has 0 atom stereocenters. The molecule has 9 heteroatoms. The lowest BCUT2D eigenvalue weighted by Crippen LogP contribution is -2.17. The minimum Gasteiger partial charge on any atom is -0.462 e. The minimum atomic E-state index is -4.68.